The standard InChI is InChI=1S/C22H25NO5/c1-11-4-5-12(2)16(8-11)17(24)10-28-22(27)13(3)23-20(25)18-14-6-7-15(9-14)19(18)21(23)26/h4-5,8,13-15,18-19H,6-7,9-10H2,1-3H3/t13-,14+,15+,18-,19+/m0/s1. The number of ether oxygens (including phenoxy) is 1. The van der Waals surface area contributed by atoms with Gasteiger partial charge in [0.2, 0.25) is 17.6 Å². The first-order valence-corrected chi connectivity index (χ1v) is 9.93. The molecule has 2 bridgehead atoms. The maximum absolute atomic E-state index is 12.8. The fourth-order valence-electron chi connectivity index (χ4n) is 5.29. The number of nitrogens with zero attached hydrogens (tertiary/aromatic N) is 1. The molecule has 0 radical (unpaired) electrons. The molecule has 0 aromatic heterocycles. The number of imide groups is 1. The SMILES string of the molecule is Cc1ccc(C)c(C(=O)COC(=O)[C@H](C)N2C(=O)[C@@H]3[C@@H]4CC[C@H](C4)[C@@H]3C2=O)c1. The summed E-state index contributed by atoms with van der Waals surface area (Å²) in [6, 6.07) is 4.52. The van der Waals surface area contributed by atoms with Crippen LogP contribution in [-0.2, 0) is 19.1 Å². The number of hydrogen-bond acceptors (Lipinski definition) is 5. The Bertz CT molecular complexity index is 848. The predicted octanol–water partition coefficient (Wildman–Crippen LogP) is 2.45. The van der Waals surface area contributed by atoms with E-state index in [1.165, 1.54) is 6.92 Å². The molecule has 2 aliphatic carbocycles. The molecule has 148 valence electrons. The number of aryl methyl sites for hydroxylation is 2. The third-order valence-corrected chi connectivity index (χ3v) is 6.73. The lowest BCUT2D eigenvalue weighted by Gasteiger charge is -2.23. The normalized spacial score (nSPS) is 29.2. The number of ketones is 1. The van der Waals surface area contributed by atoms with Gasteiger partial charge in [0.25, 0.3) is 0 Å². The molecular formula is C22H25NO5. The number of hydrogen-bond donors (Lipinski definition) is 0. The van der Waals surface area contributed by atoms with Gasteiger partial charge in [0, 0.05) is 5.56 Å². The van der Waals surface area contributed by atoms with Crippen molar-refractivity contribution in [1.82, 2.24) is 4.90 Å². The second kappa shape index (κ2) is 6.83. The Kier molecular flexibility index (Phi) is 4.60. The molecule has 2 amide bonds. The van der Waals surface area contributed by atoms with E-state index in [0.29, 0.717) is 5.56 Å². The van der Waals surface area contributed by atoms with Gasteiger partial charge in [0.05, 0.1) is 11.8 Å². The van der Waals surface area contributed by atoms with Crippen LogP contribution in [0.5, 0.6) is 0 Å². The summed E-state index contributed by atoms with van der Waals surface area (Å²) in [4.78, 5) is 51.6. The van der Waals surface area contributed by atoms with Crippen LogP contribution in [0.3, 0.4) is 0 Å². The van der Waals surface area contributed by atoms with Crippen molar-refractivity contribution < 1.29 is 23.9 Å². The van der Waals surface area contributed by atoms with Crippen molar-refractivity contribution in [2.45, 2.75) is 46.1 Å². The van der Waals surface area contributed by atoms with Crippen LogP contribution >= 0.6 is 0 Å². The molecular weight excluding hydrogens is 358 g/mol. The van der Waals surface area contributed by atoms with Gasteiger partial charge < -0.3 is 4.74 Å². The van der Waals surface area contributed by atoms with Gasteiger partial charge in [0.1, 0.15) is 6.04 Å². The average Bonchev–Trinajstić information content (AvgIpc) is 3.34. The molecule has 1 heterocycles. The van der Waals surface area contributed by atoms with Gasteiger partial charge in [-0.15, -0.1) is 0 Å². The lowest BCUT2D eigenvalue weighted by Crippen LogP contribution is -2.45. The number of Topliss-reactive ketones (excluding diaryl/α,β-unsaturated/α-hetero) is 1. The quantitative estimate of drug-likeness (QED) is 0.443. The molecule has 3 aliphatic rings. The Hall–Kier alpha value is -2.50. The predicted molar refractivity (Wildman–Crippen MR) is 100 cm³/mol. The van der Waals surface area contributed by atoms with Gasteiger partial charge >= 0.3 is 5.97 Å². The second-order valence-electron chi connectivity index (χ2n) is 8.46. The van der Waals surface area contributed by atoms with Gasteiger partial charge in [-0.1, -0.05) is 17.7 Å². The highest BCUT2D eigenvalue weighted by atomic mass is 16.5. The molecule has 3 fully saturated rings. The molecule has 2 saturated carbocycles. The monoisotopic (exact) mass is 383 g/mol. The number of amides is 2. The summed E-state index contributed by atoms with van der Waals surface area (Å²) in [5.41, 5.74) is 2.27. The lowest BCUT2D eigenvalue weighted by atomic mass is 9.81. The van der Waals surface area contributed by atoms with Crippen LogP contribution in [0, 0.1) is 37.5 Å². The maximum atomic E-state index is 12.8. The molecule has 5 atom stereocenters. The van der Waals surface area contributed by atoms with Crippen molar-refractivity contribution >= 4 is 23.6 Å². The van der Waals surface area contributed by atoms with Crippen molar-refractivity contribution in [3.8, 4) is 0 Å². The van der Waals surface area contributed by atoms with E-state index >= 15 is 0 Å². The van der Waals surface area contributed by atoms with Crippen LogP contribution in [0.4, 0.5) is 0 Å². The molecule has 1 aromatic carbocycles. The Balaban J connectivity index is 1.41. The van der Waals surface area contributed by atoms with E-state index in [1.807, 2.05) is 26.0 Å². The van der Waals surface area contributed by atoms with Crippen molar-refractivity contribution in [3.05, 3.63) is 34.9 Å². The first-order valence-electron chi connectivity index (χ1n) is 9.93. The third-order valence-electron chi connectivity index (χ3n) is 6.73. The first-order chi connectivity index (χ1) is 13.3. The summed E-state index contributed by atoms with van der Waals surface area (Å²) in [6.45, 7) is 4.82. The van der Waals surface area contributed by atoms with Crippen molar-refractivity contribution in [1.29, 1.82) is 0 Å². The average molecular weight is 383 g/mol. The van der Waals surface area contributed by atoms with Gasteiger partial charge in [-0.3, -0.25) is 19.3 Å². The number of benzene rings is 1. The highest BCUT2D eigenvalue weighted by Gasteiger charge is 2.62. The van der Waals surface area contributed by atoms with Gasteiger partial charge in [-0.2, -0.15) is 0 Å². The highest BCUT2D eigenvalue weighted by Crippen LogP contribution is 2.56. The molecule has 28 heavy (non-hydrogen) atoms. The summed E-state index contributed by atoms with van der Waals surface area (Å²) in [6.07, 6.45) is 2.92. The van der Waals surface area contributed by atoms with E-state index in [1.54, 1.807) is 6.07 Å². The van der Waals surface area contributed by atoms with Crippen LogP contribution in [-0.4, -0.2) is 41.1 Å². The fourth-order valence-corrected chi connectivity index (χ4v) is 5.29. The van der Waals surface area contributed by atoms with Gasteiger partial charge in [0.15, 0.2) is 6.61 Å². The molecule has 1 saturated heterocycles. The van der Waals surface area contributed by atoms with E-state index in [9.17, 15) is 19.2 Å². The number of likely N-dealkylation sites (tertiary alicyclic amines) is 1. The molecule has 0 N–H and O–H groups in total. The van der Waals surface area contributed by atoms with Crippen LogP contribution in [0.25, 0.3) is 0 Å². The Morgan fingerprint density at radius 1 is 1.11 bits per heavy atom. The largest absolute Gasteiger partial charge is 0.456 e. The number of esters is 1. The maximum Gasteiger partial charge on any atom is 0.329 e. The molecule has 1 aliphatic heterocycles. The zero-order valence-electron chi connectivity index (χ0n) is 16.4. The lowest BCUT2D eigenvalue weighted by molar-refractivity contribution is -0.157. The zero-order chi connectivity index (χ0) is 20.2. The van der Waals surface area contributed by atoms with Crippen LogP contribution < -0.4 is 0 Å². The van der Waals surface area contributed by atoms with E-state index in [2.05, 4.69) is 0 Å². The number of rotatable bonds is 5. The summed E-state index contributed by atoms with van der Waals surface area (Å²) < 4.78 is 5.18. The molecule has 4 rings (SSSR count). The first kappa shape index (κ1) is 18.8. The zero-order valence-corrected chi connectivity index (χ0v) is 16.4. The Labute approximate surface area is 164 Å². The van der Waals surface area contributed by atoms with Crippen molar-refractivity contribution in [2.24, 2.45) is 23.7 Å². The third kappa shape index (κ3) is 2.86. The second-order valence-corrected chi connectivity index (χ2v) is 8.46. The number of fused-ring (bicyclic) bond motifs is 5. The Morgan fingerprint density at radius 3 is 2.32 bits per heavy atom. The van der Waals surface area contributed by atoms with E-state index in [4.69, 9.17) is 4.74 Å². The number of carbonyl (C=O) groups is 4. The van der Waals surface area contributed by atoms with Crippen molar-refractivity contribution in [2.75, 3.05) is 6.61 Å². The fraction of sp³-hybridized carbons (Fsp3) is 0.545. The van der Waals surface area contributed by atoms with E-state index in [0.717, 1.165) is 35.3 Å². The van der Waals surface area contributed by atoms with Crippen LogP contribution in [0.2, 0.25) is 0 Å². The molecule has 6 nitrogen and oxygen atoms in total. The highest BCUT2D eigenvalue weighted by molar-refractivity contribution is 6.08. The molecule has 0 unspecified atom stereocenters. The minimum atomic E-state index is -1.00. The van der Waals surface area contributed by atoms with E-state index in [-0.39, 0.29) is 41.3 Å². The topological polar surface area (TPSA) is 80.8 Å². The van der Waals surface area contributed by atoms with Gasteiger partial charge in [-0.25, -0.2) is 4.79 Å². The summed E-state index contributed by atoms with van der Waals surface area (Å²) >= 11 is 0. The summed E-state index contributed by atoms with van der Waals surface area (Å²) in [5, 5.41) is 0. The smallest absolute Gasteiger partial charge is 0.329 e. The minimum absolute atomic E-state index is 0.243. The van der Waals surface area contributed by atoms with E-state index < -0.39 is 18.6 Å². The summed E-state index contributed by atoms with van der Waals surface area (Å²) in [7, 11) is 0. The van der Waals surface area contributed by atoms with Gasteiger partial charge in [-0.05, 0) is 63.5 Å². The number of carbonyl (C=O) groups excluding carboxylic acids is 4. The van der Waals surface area contributed by atoms with Crippen LogP contribution in [0.15, 0.2) is 18.2 Å². The van der Waals surface area contributed by atoms with Crippen LogP contribution in [0.1, 0.15) is 47.7 Å². The molecule has 6 heteroatoms. The molecule has 1 aromatic rings. The summed E-state index contributed by atoms with van der Waals surface area (Å²) in [5.74, 6) is -1.49. The minimum Gasteiger partial charge on any atom is -0.456 e. The Morgan fingerprint density at radius 2 is 1.71 bits per heavy atom. The van der Waals surface area contributed by atoms with Crippen molar-refractivity contribution in [3.63, 3.8) is 0 Å². The molecule has 0 spiro atoms.